The summed E-state index contributed by atoms with van der Waals surface area (Å²) in [5.41, 5.74) is 0. The third-order valence-corrected chi connectivity index (χ3v) is 14.1. The number of alkyl carbamates (subject to hydrolysis) is 1. The van der Waals surface area contributed by atoms with Gasteiger partial charge in [-0.3, -0.25) is 4.99 Å². The van der Waals surface area contributed by atoms with Crippen LogP contribution < -0.4 is 5.32 Å². The van der Waals surface area contributed by atoms with Crippen molar-refractivity contribution >= 4 is 18.3 Å². The molecule has 4 aliphatic carbocycles. The molecule has 0 radical (unpaired) electrons. The Labute approximate surface area is 418 Å². The lowest BCUT2D eigenvalue weighted by molar-refractivity contribution is -0.142. The normalized spacial score (nSPS) is 29.0. The quantitative estimate of drug-likeness (QED) is 0.0302. The highest BCUT2D eigenvalue weighted by molar-refractivity contribution is 5.68. The van der Waals surface area contributed by atoms with Crippen molar-refractivity contribution in [2.24, 2.45) is 70.1 Å². The van der Waals surface area contributed by atoms with Crippen molar-refractivity contribution in [2.45, 2.75) is 70.0 Å². The highest BCUT2D eigenvalue weighted by Crippen LogP contribution is 2.44. The molecular formula is C54H88N2O14. The zero-order valence-corrected chi connectivity index (χ0v) is 42.3. The van der Waals surface area contributed by atoms with Gasteiger partial charge in [-0.2, -0.15) is 0 Å². The van der Waals surface area contributed by atoms with Gasteiger partial charge in [-0.1, -0.05) is 48.6 Å². The average Bonchev–Trinajstić information content (AvgIpc) is 4.18. The van der Waals surface area contributed by atoms with E-state index < -0.39 is 24.3 Å². The van der Waals surface area contributed by atoms with E-state index in [2.05, 4.69) is 72.1 Å². The molecule has 4 rings (SSSR count). The molecule has 16 nitrogen and oxygen atoms in total. The Hall–Kier alpha value is -3.29. The largest absolute Gasteiger partial charge is 0.480 e. The molecule has 0 spiro atoms. The summed E-state index contributed by atoms with van der Waals surface area (Å²) in [6.45, 7) is 12.9. The maximum absolute atomic E-state index is 11.4. The molecule has 70 heavy (non-hydrogen) atoms. The summed E-state index contributed by atoms with van der Waals surface area (Å²) in [5.74, 6) is 3.78. The number of aliphatic hydroxyl groups excluding tert-OH is 2. The molecule has 13 atom stereocenters. The van der Waals surface area contributed by atoms with Crippen molar-refractivity contribution in [3.8, 4) is 0 Å². The molecule has 4 fully saturated rings. The molecule has 398 valence electrons. The first-order chi connectivity index (χ1) is 34.1. The minimum atomic E-state index is -0.999. The first kappa shape index (κ1) is 59.3. The van der Waals surface area contributed by atoms with Crippen LogP contribution in [0.2, 0.25) is 0 Å². The van der Waals surface area contributed by atoms with Crippen LogP contribution in [-0.2, 0) is 47.4 Å². The van der Waals surface area contributed by atoms with Gasteiger partial charge < -0.3 is 63.3 Å². The Morgan fingerprint density at radius 2 is 1.14 bits per heavy atom. The Morgan fingerprint density at radius 1 is 0.614 bits per heavy atom. The fourth-order valence-corrected chi connectivity index (χ4v) is 10.3. The number of ether oxygens (including phenoxy) is 9. The molecule has 0 heterocycles. The van der Waals surface area contributed by atoms with E-state index in [1.807, 2.05) is 0 Å². The van der Waals surface area contributed by atoms with Crippen molar-refractivity contribution in [3.05, 3.63) is 61.8 Å². The van der Waals surface area contributed by atoms with Crippen molar-refractivity contribution in [1.29, 1.82) is 0 Å². The molecule has 0 aliphatic heterocycles. The van der Waals surface area contributed by atoms with E-state index in [1.54, 1.807) is 13.3 Å². The van der Waals surface area contributed by atoms with Crippen molar-refractivity contribution in [2.75, 3.05) is 126 Å². The van der Waals surface area contributed by atoms with Crippen LogP contribution in [0.3, 0.4) is 0 Å². The number of amides is 1. The Bertz CT molecular complexity index is 1580. The molecule has 0 aromatic heterocycles. The van der Waals surface area contributed by atoms with Crippen LogP contribution in [0.1, 0.15) is 57.8 Å². The number of nitrogens with one attached hydrogen (secondary N) is 1. The second-order valence-corrected chi connectivity index (χ2v) is 19.4. The van der Waals surface area contributed by atoms with Crippen molar-refractivity contribution in [3.63, 3.8) is 0 Å². The summed E-state index contributed by atoms with van der Waals surface area (Å²) in [6, 6.07) is 0. The minimum Gasteiger partial charge on any atom is -0.480 e. The molecule has 1 amide bonds. The maximum Gasteiger partial charge on any atom is 0.406 e. The molecule has 4 saturated carbocycles. The highest BCUT2D eigenvalue weighted by atomic mass is 16.6. The number of allylic oxidation sites excluding steroid dienone is 8. The number of aliphatic imine (C=N–C) groups is 1. The van der Waals surface area contributed by atoms with E-state index >= 15 is 0 Å². The molecule has 4 N–H and O–H groups in total. The van der Waals surface area contributed by atoms with Crippen molar-refractivity contribution in [1.82, 2.24) is 5.32 Å². The van der Waals surface area contributed by atoms with Gasteiger partial charge in [0.2, 0.25) is 0 Å². The first-order valence-electron chi connectivity index (χ1n) is 25.9. The Kier molecular flexibility index (Phi) is 30.3. The third-order valence-electron chi connectivity index (χ3n) is 14.1. The lowest BCUT2D eigenvalue weighted by atomic mass is 9.93. The SMILES string of the molecule is C=CC1CCC(/C=C\C2CC(/C=C\C3CC(/C=C\C4CC(C=C)C(COCCOC(=O)NC)C4)C(COCCOCCOCC(=O)O)C3)C(COCCOCC(CO)OCC(O)COC/C=N/C)C2)C1. The number of carbonyl (C=O) groups is 2. The summed E-state index contributed by atoms with van der Waals surface area (Å²) in [6.07, 6.45) is 28.7. The van der Waals surface area contributed by atoms with Gasteiger partial charge in [-0.05, 0) is 123 Å². The number of hydrogen-bond acceptors (Lipinski definition) is 14. The zero-order chi connectivity index (χ0) is 50.2. The number of nitrogens with zero attached hydrogens (tertiary/aromatic N) is 1. The predicted octanol–water partition coefficient (Wildman–Crippen LogP) is 6.37. The van der Waals surface area contributed by atoms with Crippen LogP contribution in [0.5, 0.6) is 0 Å². The van der Waals surface area contributed by atoms with E-state index in [4.69, 9.17) is 47.7 Å². The first-order valence-corrected chi connectivity index (χ1v) is 25.9. The molecule has 0 saturated heterocycles. The smallest absolute Gasteiger partial charge is 0.406 e. The Morgan fingerprint density at radius 3 is 1.70 bits per heavy atom. The second kappa shape index (κ2) is 35.8. The number of carboxylic acid groups (broad SMARTS) is 1. The van der Waals surface area contributed by atoms with E-state index in [9.17, 15) is 19.8 Å². The van der Waals surface area contributed by atoms with Gasteiger partial charge in [0.1, 0.15) is 25.4 Å². The van der Waals surface area contributed by atoms with Crippen LogP contribution in [0, 0.1) is 65.1 Å². The zero-order valence-electron chi connectivity index (χ0n) is 42.3. The van der Waals surface area contributed by atoms with Gasteiger partial charge in [0.05, 0.1) is 99.1 Å². The summed E-state index contributed by atoms with van der Waals surface area (Å²) in [7, 11) is 3.20. The van der Waals surface area contributed by atoms with Gasteiger partial charge in [0, 0.05) is 20.3 Å². The van der Waals surface area contributed by atoms with Gasteiger partial charge in [0.15, 0.2) is 0 Å². The number of hydrogen-bond donors (Lipinski definition) is 4. The summed E-state index contributed by atoms with van der Waals surface area (Å²) < 4.78 is 51.0. The number of carbonyl (C=O) groups excluding carboxylic acids is 1. The summed E-state index contributed by atoms with van der Waals surface area (Å²) in [4.78, 5) is 26.0. The fourth-order valence-electron chi connectivity index (χ4n) is 10.3. The molecule has 0 aromatic carbocycles. The monoisotopic (exact) mass is 989 g/mol. The molecule has 13 unspecified atom stereocenters. The predicted molar refractivity (Wildman–Crippen MR) is 269 cm³/mol. The van der Waals surface area contributed by atoms with E-state index in [0.29, 0.717) is 131 Å². The van der Waals surface area contributed by atoms with Gasteiger partial charge in [0.25, 0.3) is 0 Å². The van der Waals surface area contributed by atoms with E-state index in [-0.39, 0.29) is 46.2 Å². The van der Waals surface area contributed by atoms with E-state index in [1.165, 1.54) is 26.3 Å². The van der Waals surface area contributed by atoms with Gasteiger partial charge in [-0.25, -0.2) is 9.59 Å². The number of carboxylic acids is 1. The highest BCUT2D eigenvalue weighted by Gasteiger charge is 2.36. The standard InChI is InChI=1S/C54H88N2O14/c1-5-40-7-8-41(25-40)9-10-42-27-46(49(30-42)35-65-21-22-67-38-52(32-57)70-37-51(58)36-63-16-15-55-3)14-12-44-28-47(50(31-44)34-64-19-17-62-18-20-68-39-53(59)60)13-11-43-26-45(6-2)48(29-43)33-66-23-24-69-54(61)56-4/h5-6,9-15,40-52,57-58H,1-2,7-8,16-39H2,3-4H3,(H,56,61)(H,59,60)/b10-9-,13-11-,14-12-,55-15+. The number of aliphatic carboxylic acids is 1. The Balaban J connectivity index is 1.32. The molecule has 0 bridgehead atoms. The van der Waals surface area contributed by atoms with Gasteiger partial charge in [-0.15, -0.1) is 13.2 Å². The van der Waals surface area contributed by atoms with Crippen LogP contribution in [0.4, 0.5) is 4.79 Å². The van der Waals surface area contributed by atoms with Crippen LogP contribution in [-0.4, -0.2) is 172 Å². The lowest BCUT2D eigenvalue weighted by Crippen LogP contribution is -2.31. The molecule has 4 aliphatic rings. The third kappa shape index (κ3) is 24.0. The van der Waals surface area contributed by atoms with Crippen LogP contribution in [0.15, 0.2) is 66.8 Å². The average molecular weight is 989 g/mol. The summed E-state index contributed by atoms with van der Waals surface area (Å²) in [5, 5.41) is 31.2. The molecular weight excluding hydrogens is 901 g/mol. The second-order valence-electron chi connectivity index (χ2n) is 19.4. The number of aliphatic hydroxyl groups is 2. The van der Waals surface area contributed by atoms with Crippen molar-refractivity contribution < 1.29 is 67.5 Å². The molecule has 0 aromatic rings. The van der Waals surface area contributed by atoms with Crippen LogP contribution in [0.25, 0.3) is 0 Å². The van der Waals surface area contributed by atoms with E-state index in [0.717, 1.165) is 38.5 Å². The minimum absolute atomic E-state index is 0.0317. The molecule has 16 heteroatoms. The van der Waals surface area contributed by atoms with Crippen LogP contribution >= 0.6 is 0 Å². The van der Waals surface area contributed by atoms with Gasteiger partial charge >= 0.3 is 12.1 Å². The number of rotatable bonds is 38. The fraction of sp³-hybridized carbons (Fsp3) is 0.759. The summed E-state index contributed by atoms with van der Waals surface area (Å²) >= 11 is 0. The lowest BCUT2D eigenvalue weighted by Gasteiger charge is -2.19. The maximum atomic E-state index is 11.4. The topological polar surface area (TPSA) is 202 Å².